The summed E-state index contributed by atoms with van der Waals surface area (Å²) in [7, 11) is 0. The van der Waals surface area contributed by atoms with Crippen molar-refractivity contribution in [2.24, 2.45) is 0 Å². The zero-order valence-corrected chi connectivity index (χ0v) is 14.9. The highest BCUT2D eigenvalue weighted by atomic mass is 32.2. The summed E-state index contributed by atoms with van der Waals surface area (Å²) in [5.74, 6) is -0.186. The van der Waals surface area contributed by atoms with Crippen molar-refractivity contribution in [1.82, 2.24) is 0 Å². The Labute approximate surface area is 154 Å². The second-order valence-electron chi connectivity index (χ2n) is 5.34. The third-order valence-electron chi connectivity index (χ3n) is 3.43. The Balaban J connectivity index is 1.83. The molecule has 0 saturated carbocycles. The molecule has 1 saturated heterocycles. The zero-order valence-electron chi connectivity index (χ0n) is 13.2. The van der Waals surface area contributed by atoms with Gasteiger partial charge in [-0.2, -0.15) is 0 Å². The molecule has 1 aliphatic heterocycles. The molecule has 0 atom stereocenters. The van der Waals surface area contributed by atoms with E-state index in [0.29, 0.717) is 20.6 Å². The highest BCUT2D eigenvalue weighted by molar-refractivity contribution is 8.27. The standard InChI is InChI=1S/C18H14N2O3S2/c1-11(21)19-13-4-6-14(7-5-13)20-17(23)16(25-18(20)24)10-12-2-8-15(22)9-3-12/h2-10,22H,1H3,(H,19,21)/b16-10+. The second kappa shape index (κ2) is 7.08. The molecule has 2 aromatic rings. The second-order valence-corrected chi connectivity index (χ2v) is 7.01. The fourth-order valence-corrected chi connectivity index (χ4v) is 3.61. The van der Waals surface area contributed by atoms with Gasteiger partial charge in [-0.25, -0.2) is 0 Å². The van der Waals surface area contributed by atoms with E-state index < -0.39 is 0 Å². The predicted octanol–water partition coefficient (Wildman–Crippen LogP) is 3.76. The van der Waals surface area contributed by atoms with Crippen LogP contribution in [-0.2, 0) is 9.59 Å². The molecular weight excluding hydrogens is 356 g/mol. The van der Waals surface area contributed by atoms with E-state index in [0.717, 1.165) is 5.56 Å². The molecule has 7 heteroatoms. The Morgan fingerprint density at radius 1 is 1.16 bits per heavy atom. The van der Waals surface area contributed by atoms with E-state index >= 15 is 0 Å². The summed E-state index contributed by atoms with van der Waals surface area (Å²) in [6, 6.07) is 13.5. The topological polar surface area (TPSA) is 69.6 Å². The monoisotopic (exact) mass is 370 g/mol. The lowest BCUT2D eigenvalue weighted by Crippen LogP contribution is -2.27. The lowest BCUT2D eigenvalue weighted by atomic mass is 10.2. The van der Waals surface area contributed by atoms with Crippen LogP contribution in [0.25, 0.3) is 6.08 Å². The minimum atomic E-state index is -0.199. The molecule has 5 nitrogen and oxygen atoms in total. The maximum absolute atomic E-state index is 12.7. The van der Waals surface area contributed by atoms with E-state index in [1.807, 2.05) is 0 Å². The molecular formula is C18H14N2O3S2. The maximum atomic E-state index is 12.7. The number of phenols is 1. The third-order valence-corrected chi connectivity index (χ3v) is 4.73. The summed E-state index contributed by atoms with van der Waals surface area (Å²) in [4.78, 5) is 25.7. The number of hydrogen-bond donors (Lipinski definition) is 2. The fourth-order valence-electron chi connectivity index (χ4n) is 2.31. The third kappa shape index (κ3) is 3.89. The number of rotatable bonds is 3. The van der Waals surface area contributed by atoms with Gasteiger partial charge < -0.3 is 10.4 Å². The molecule has 0 radical (unpaired) electrons. The number of thiocarbonyl (C=S) groups is 1. The smallest absolute Gasteiger partial charge is 0.270 e. The van der Waals surface area contributed by atoms with Crippen molar-refractivity contribution < 1.29 is 14.7 Å². The Hall–Kier alpha value is -2.64. The number of thioether (sulfide) groups is 1. The van der Waals surface area contributed by atoms with Crippen LogP contribution in [0.1, 0.15) is 12.5 Å². The number of benzene rings is 2. The van der Waals surface area contributed by atoms with Gasteiger partial charge in [0.15, 0.2) is 4.32 Å². The molecule has 0 unspecified atom stereocenters. The van der Waals surface area contributed by atoms with Gasteiger partial charge in [-0.1, -0.05) is 36.1 Å². The summed E-state index contributed by atoms with van der Waals surface area (Å²) < 4.78 is 0.447. The summed E-state index contributed by atoms with van der Waals surface area (Å²) >= 11 is 6.56. The predicted molar refractivity (Wildman–Crippen MR) is 105 cm³/mol. The number of nitrogens with zero attached hydrogens (tertiary/aromatic N) is 1. The van der Waals surface area contributed by atoms with Crippen molar-refractivity contribution in [3.63, 3.8) is 0 Å². The van der Waals surface area contributed by atoms with Crippen molar-refractivity contribution in [2.75, 3.05) is 10.2 Å². The van der Waals surface area contributed by atoms with Gasteiger partial charge >= 0.3 is 0 Å². The molecule has 2 N–H and O–H groups in total. The molecule has 2 amide bonds. The van der Waals surface area contributed by atoms with Gasteiger partial charge in [-0.05, 0) is 48.0 Å². The van der Waals surface area contributed by atoms with Gasteiger partial charge in [-0.3, -0.25) is 14.5 Å². The quantitative estimate of drug-likeness (QED) is 0.636. The van der Waals surface area contributed by atoms with Gasteiger partial charge in [0.25, 0.3) is 5.91 Å². The van der Waals surface area contributed by atoms with Crippen molar-refractivity contribution in [1.29, 1.82) is 0 Å². The first kappa shape index (κ1) is 17.2. The molecule has 126 valence electrons. The summed E-state index contributed by atoms with van der Waals surface area (Å²) in [6.45, 7) is 1.43. The number of nitrogens with one attached hydrogen (secondary N) is 1. The van der Waals surface area contributed by atoms with E-state index in [1.165, 1.54) is 23.6 Å². The minimum Gasteiger partial charge on any atom is -0.508 e. The SMILES string of the molecule is CC(=O)Nc1ccc(N2C(=O)/C(=C\c3ccc(O)cc3)SC2=S)cc1. The van der Waals surface area contributed by atoms with E-state index in [2.05, 4.69) is 5.32 Å². The van der Waals surface area contributed by atoms with Gasteiger partial charge in [0, 0.05) is 12.6 Å². The number of phenolic OH excluding ortho intramolecular Hbond substituents is 1. The zero-order chi connectivity index (χ0) is 18.0. The van der Waals surface area contributed by atoms with E-state index in [4.69, 9.17) is 12.2 Å². The fraction of sp³-hybridized carbons (Fsp3) is 0.0556. The number of carbonyl (C=O) groups excluding carboxylic acids is 2. The van der Waals surface area contributed by atoms with Crippen LogP contribution in [0.4, 0.5) is 11.4 Å². The molecule has 25 heavy (non-hydrogen) atoms. The van der Waals surface area contributed by atoms with Crippen LogP contribution in [0.15, 0.2) is 53.4 Å². The molecule has 1 fully saturated rings. The maximum Gasteiger partial charge on any atom is 0.270 e. The average Bonchev–Trinajstić information content (AvgIpc) is 2.84. The van der Waals surface area contributed by atoms with Crippen LogP contribution in [0, 0.1) is 0 Å². The van der Waals surface area contributed by atoms with Gasteiger partial charge in [0.2, 0.25) is 5.91 Å². The van der Waals surface area contributed by atoms with Gasteiger partial charge in [0.05, 0.1) is 10.6 Å². The molecule has 1 heterocycles. The number of hydrogen-bond acceptors (Lipinski definition) is 5. The van der Waals surface area contributed by atoms with E-state index in [1.54, 1.807) is 54.6 Å². The number of aromatic hydroxyl groups is 1. The number of amides is 2. The molecule has 0 aliphatic carbocycles. The van der Waals surface area contributed by atoms with Gasteiger partial charge in [0.1, 0.15) is 5.75 Å². The highest BCUT2D eigenvalue weighted by Gasteiger charge is 2.33. The first-order valence-electron chi connectivity index (χ1n) is 7.39. The number of carbonyl (C=O) groups is 2. The van der Waals surface area contributed by atoms with E-state index in [9.17, 15) is 14.7 Å². The lowest BCUT2D eigenvalue weighted by Gasteiger charge is -2.15. The van der Waals surface area contributed by atoms with Crippen molar-refractivity contribution in [3.8, 4) is 5.75 Å². The Kier molecular flexibility index (Phi) is 4.87. The summed E-state index contributed by atoms with van der Waals surface area (Å²) in [5, 5.41) is 12.0. The first-order chi connectivity index (χ1) is 11.9. The molecule has 2 aromatic carbocycles. The largest absolute Gasteiger partial charge is 0.508 e. The molecule has 0 bridgehead atoms. The Bertz CT molecular complexity index is 874. The lowest BCUT2D eigenvalue weighted by molar-refractivity contribution is -0.114. The van der Waals surface area contributed by atoms with Crippen molar-refractivity contribution in [2.45, 2.75) is 6.92 Å². The average molecular weight is 370 g/mol. The molecule has 1 aliphatic rings. The van der Waals surface area contributed by atoms with Crippen molar-refractivity contribution >= 4 is 57.6 Å². The van der Waals surface area contributed by atoms with Crippen LogP contribution in [0.2, 0.25) is 0 Å². The van der Waals surface area contributed by atoms with Crippen LogP contribution in [0.5, 0.6) is 5.75 Å². The molecule has 0 aromatic heterocycles. The van der Waals surface area contributed by atoms with E-state index in [-0.39, 0.29) is 17.6 Å². The first-order valence-corrected chi connectivity index (χ1v) is 8.61. The normalized spacial score (nSPS) is 15.7. The van der Waals surface area contributed by atoms with Crippen LogP contribution >= 0.6 is 24.0 Å². The minimum absolute atomic E-state index is 0.157. The summed E-state index contributed by atoms with van der Waals surface area (Å²) in [6.07, 6.45) is 1.74. The Morgan fingerprint density at radius 3 is 2.40 bits per heavy atom. The number of anilines is 2. The highest BCUT2D eigenvalue weighted by Crippen LogP contribution is 2.36. The van der Waals surface area contributed by atoms with Crippen LogP contribution < -0.4 is 10.2 Å². The van der Waals surface area contributed by atoms with Crippen molar-refractivity contribution in [3.05, 3.63) is 59.0 Å². The Morgan fingerprint density at radius 2 is 1.80 bits per heavy atom. The van der Waals surface area contributed by atoms with Crippen LogP contribution in [0.3, 0.4) is 0 Å². The van der Waals surface area contributed by atoms with Gasteiger partial charge in [-0.15, -0.1) is 0 Å². The summed E-state index contributed by atoms with van der Waals surface area (Å²) in [5.41, 5.74) is 2.10. The molecule has 3 rings (SSSR count). The molecule has 0 spiro atoms. The van der Waals surface area contributed by atoms with Crippen LogP contribution in [-0.4, -0.2) is 21.2 Å².